The van der Waals surface area contributed by atoms with Gasteiger partial charge in [-0.3, -0.25) is 4.57 Å². The third-order valence-corrected chi connectivity index (χ3v) is 6.38. The summed E-state index contributed by atoms with van der Waals surface area (Å²) in [4.78, 5) is 11.4. The van der Waals surface area contributed by atoms with Crippen molar-refractivity contribution in [1.82, 2.24) is 14.5 Å². The maximum absolute atomic E-state index is 13.2. The minimum Gasteiger partial charge on any atom is -0.356 e. The van der Waals surface area contributed by atoms with Crippen LogP contribution in [0.3, 0.4) is 0 Å². The van der Waals surface area contributed by atoms with Gasteiger partial charge in [0.15, 0.2) is 5.65 Å². The van der Waals surface area contributed by atoms with Crippen molar-refractivity contribution < 1.29 is 13.2 Å². The molecule has 32 heavy (non-hydrogen) atoms. The van der Waals surface area contributed by atoms with Crippen molar-refractivity contribution in [2.75, 3.05) is 18.0 Å². The van der Waals surface area contributed by atoms with Gasteiger partial charge in [-0.05, 0) is 50.3 Å². The topological polar surface area (TPSA) is 57.7 Å². The number of anilines is 1. The first-order chi connectivity index (χ1) is 15.1. The Hall–Kier alpha value is -2.50. The number of piperidine rings is 1. The molecule has 0 N–H and O–H groups in total. The normalized spacial score (nSPS) is 15.4. The van der Waals surface area contributed by atoms with Crippen LogP contribution in [0.25, 0.3) is 16.7 Å². The fourth-order valence-corrected chi connectivity index (χ4v) is 4.90. The van der Waals surface area contributed by atoms with Gasteiger partial charge in [0.25, 0.3) is 0 Å². The molecule has 2 aromatic heterocycles. The predicted molar refractivity (Wildman–Crippen MR) is 119 cm³/mol. The van der Waals surface area contributed by atoms with Crippen molar-refractivity contribution >= 4 is 40.1 Å². The number of nitrogens with zero attached hydrogens (tertiary/aromatic N) is 5. The highest BCUT2D eigenvalue weighted by Crippen LogP contribution is 2.40. The molecule has 0 bridgehead atoms. The number of aryl methyl sites for hydroxylation is 2. The average Bonchev–Trinajstić information content (AvgIpc) is 3.03. The smallest absolute Gasteiger partial charge is 0.356 e. The van der Waals surface area contributed by atoms with Gasteiger partial charge in [0.1, 0.15) is 11.6 Å². The zero-order valence-corrected chi connectivity index (χ0v) is 19.0. The lowest BCUT2D eigenvalue weighted by Crippen LogP contribution is -2.34. The summed E-state index contributed by atoms with van der Waals surface area (Å²) in [7, 11) is 0. The van der Waals surface area contributed by atoms with E-state index in [9.17, 15) is 13.2 Å². The average molecular weight is 482 g/mol. The van der Waals surface area contributed by atoms with Crippen molar-refractivity contribution in [3.05, 3.63) is 45.3 Å². The van der Waals surface area contributed by atoms with E-state index >= 15 is 0 Å². The quantitative estimate of drug-likeness (QED) is 0.428. The number of alkyl halides is 3. The lowest BCUT2D eigenvalue weighted by Gasteiger charge is -2.32. The largest absolute Gasteiger partial charge is 0.416 e. The molecule has 1 aliphatic heterocycles. The molecule has 1 aromatic carbocycles. The molecule has 0 unspecified atom stereocenters. The molecule has 0 amide bonds. The van der Waals surface area contributed by atoms with Gasteiger partial charge < -0.3 is 4.90 Å². The molecule has 4 rings (SSSR count). The summed E-state index contributed by atoms with van der Waals surface area (Å²) in [6.07, 6.45) is -0.440. The Kier molecular flexibility index (Phi) is 5.99. The van der Waals surface area contributed by atoms with Gasteiger partial charge in [0.05, 0.1) is 32.8 Å². The number of hydrogen-bond donors (Lipinski definition) is 0. The number of aromatic nitrogens is 3. The van der Waals surface area contributed by atoms with Crippen LogP contribution >= 0.6 is 23.2 Å². The van der Waals surface area contributed by atoms with Gasteiger partial charge in [-0.15, -0.1) is 0 Å². The van der Waals surface area contributed by atoms with Crippen LogP contribution in [0, 0.1) is 31.1 Å². The Bertz CT molecular complexity index is 1200. The highest BCUT2D eigenvalue weighted by atomic mass is 35.5. The second-order valence-corrected chi connectivity index (χ2v) is 8.87. The lowest BCUT2D eigenvalue weighted by molar-refractivity contribution is -0.137. The van der Waals surface area contributed by atoms with E-state index < -0.39 is 11.7 Å². The van der Waals surface area contributed by atoms with Crippen LogP contribution in [0.4, 0.5) is 19.0 Å². The Morgan fingerprint density at radius 2 is 1.75 bits per heavy atom. The molecule has 168 valence electrons. The number of nitriles is 1. The first kappa shape index (κ1) is 22.7. The molecule has 0 atom stereocenters. The Labute approximate surface area is 193 Å². The van der Waals surface area contributed by atoms with Crippen molar-refractivity contribution in [2.24, 2.45) is 5.92 Å². The number of benzene rings is 1. The highest BCUT2D eigenvalue weighted by Gasteiger charge is 2.33. The fraction of sp³-hybridized carbons (Fsp3) is 0.409. The van der Waals surface area contributed by atoms with E-state index in [0.717, 1.165) is 54.8 Å². The van der Waals surface area contributed by atoms with Gasteiger partial charge >= 0.3 is 6.18 Å². The predicted octanol–water partition coefficient (Wildman–Crippen LogP) is 6.49. The molecule has 10 heteroatoms. The third kappa shape index (κ3) is 4.12. The monoisotopic (exact) mass is 481 g/mol. The van der Waals surface area contributed by atoms with Gasteiger partial charge in [-0.25, -0.2) is 9.97 Å². The van der Waals surface area contributed by atoms with E-state index in [1.807, 2.05) is 6.92 Å². The third-order valence-electron chi connectivity index (χ3n) is 5.81. The number of fused-ring (bicyclic) bond motifs is 1. The first-order valence-corrected chi connectivity index (χ1v) is 10.9. The fourth-order valence-electron chi connectivity index (χ4n) is 4.23. The Morgan fingerprint density at radius 3 is 2.31 bits per heavy atom. The van der Waals surface area contributed by atoms with E-state index in [-0.39, 0.29) is 15.7 Å². The van der Waals surface area contributed by atoms with Crippen LogP contribution < -0.4 is 4.90 Å². The number of halogens is 5. The molecular weight excluding hydrogens is 462 g/mol. The SMILES string of the molecule is Cc1nc(N2CCC(CC#N)CC2)c2c(C)cn(-c3c(Cl)cc(C(F)(F)F)cc3Cl)c2n1. The zero-order chi connectivity index (χ0) is 23.2. The van der Waals surface area contributed by atoms with Crippen LogP contribution in [-0.2, 0) is 6.18 Å². The first-order valence-electron chi connectivity index (χ1n) is 10.1. The van der Waals surface area contributed by atoms with E-state index in [1.54, 1.807) is 17.7 Å². The van der Waals surface area contributed by atoms with Crippen LogP contribution in [-0.4, -0.2) is 27.6 Å². The van der Waals surface area contributed by atoms with Crippen molar-refractivity contribution in [3.8, 4) is 11.8 Å². The van der Waals surface area contributed by atoms with Crippen molar-refractivity contribution in [2.45, 2.75) is 39.3 Å². The Morgan fingerprint density at radius 1 is 1.12 bits per heavy atom. The molecule has 1 saturated heterocycles. The molecule has 0 spiro atoms. The zero-order valence-electron chi connectivity index (χ0n) is 17.5. The number of rotatable bonds is 3. The Balaban J connectivity index is 1.83. The van der Waals surface area contributed by atoms with Crippen molar-refractivity contribution in [1.29, 1.82) is 5.26 Å². The maximum Gasteiger partial charge on any atom is 0.416 e. The van der Waals surface area contributed by atoms with E-state index in [4.69, 9.17) is 28.5 Å². The standard InChI is InChI=1S/C22H20Cl2F3N5/c1-12-11-32(19-16(23)9-15(10-17(19)24)22(25,26)27)21-18(12)20(29-13(2)30-21)31-7-4-14(3-6-28)5-8-31/h9-11,14H,3-5,7-8H2,1-2H3. The molecule has 3 aromatic rings. The second kappa shape index (κ2) is 8.45. The minimum absolute atomic E-state index is 0.114. The summed E-state index contributed by atoms with van der Waals surface area (Å²) in [5.74, 6) is 1.69. The molecule has 5 nitrogen and oxygen atoms in total. The molecule has 3 heterocycles. The summed E-state index contributed by atoms with van der Waals surface area (Å²) in [5.41, 5.74) is 0.737. The van der Waals surface area contributed by atoms with Crippen LogP contribution in [0.15, 0.2) is 18.3 Å². The highest BCUT2D eigenvalue weighted by molar-refractivity contribution is 6.38. The van der Waals surface area contributed by atoms with Gasteiger partial charge in [-0.2, -0.15) is 18.4 Å². The summed E-state index contributed by atoms with van der Waals surface area (Å²) >= 11 is 12.5. The van der Waals surface area contributed by atoms with Gasteiger partial charge in [-0.1, -0.05) is 23.2 Å². The molecular formula is C22H20Cl2F3N5. The summed E-state index contributed by atoms with van der Waals surface area (Å²) in [6.45, 7) is 5.21. The van der Waals surface area contributed by atoms with Crippen molar-refractivity contribution in [3.63, 3.8) is 0 Å². The van der Waals surface area contributed by atoms with E-state index in [2.05, 4.69) is 20.9 Å². The number of hydrogen-bond acceptors (Lipinski definition) is 4. The maximum atomic E-state index is 13.2. The molecule has 1 fully saturated rings. The summed E-state index contributed by atoms with van der Waals surface area (Å²) < 4.78 is 41.1. The van der Waals surface area contributed by atoms with E-state index in [1.165, 1.54) is 0 Å². The summed E-state index contributed by atoms with van der Waals surface area (Å²) in [6, 6.07) is 3.99. The van der Waals surface area contributed by atoms with Gasteiger partial charge in [0, 0.05) is 25.7 Å². The van der Waals surface area contributed by atoms with Crippen LogP contribution in [0.2, 0.25) is 10.0 Å². The van der Waals surface area contributed by atoms with Crippen LogP contribution in [0.5, 0.6) is 0 Å². The summed E-state index contributed by atoms with van der Waals surface area (Å²) in [5, 5.41) is 9.54. The lowest BCUT2D eigenvalue weighted by atomic mass is 9.94. The minimum atomic E-state index is -4.55. The second-order valence-electron chi connectivity index (χ2n) is 8.05. The molecule has 0 aliphatic carbocycles. The van der Waals surface area contributed by atoms with Crippen LogP contribution in [0.1, 0.15) is 36.2 Å². The molecule has 0 saturated carbocycles. The van der Waals surface area contributed by atoms with E-state index in [0.29, 0.717) is 23.8 Å². The molecule has 0 radical (unpaired) electrons. The van der Waals surface area contributed by atoms with Gasteiger partial charge in [0.2, 0.25) is 0 Å². The molecule has 1 aliphatic rings.